The predicted octanol–water partition coefficient (Wildman–Crippen LogP) is 2.10. The molecule has 0 atom stereocenters. The fourth-order valence-corrected chi connectivity index (χ4v) is 3.12. The largest absolute Gasteiger partial charge is 0.481 e. The van der Waals surface area contributed by atoms with Crippen molar-refractivity contribution in [1.29, 1.82) is 0 Å². The molecule has 1 fully saturated rings. The van der Waals surface area contributed by atoms with E-state index in [2.05, 4.69) is 4.98 Å². The molecule has 1 amide bonds. The lowest BCUT2D eigenvalue weighted by atomic mass is 9.97. The SMILES string of the molecule is Cc1nc(CCCC(=O)N2CCC(C(=O)O)CC2)cs1. The quantitative estimate of drug-likeness (QED) is 0.903. The minimum absolute atomic E-state index is 0.140. The van der Waals surface area contributed by atoms with Gasteiger partial charge in [-0.25, -0.2) is 4.98 Å². The molecule has 1 N–H and O–H groups in total. The second-order valence-electron chi connectivity index (χ2n) is 5.20. The van der Waals surface area contributed by atoms with Crippen LogP contribution in [0, 0.1) is 12.8 Å². The molecule has 0 aromatic carbocycles. The Labute approximate surface area is 122 Å². The lowest BCUT2D eigenvalue weighted by Crippen LogP contribution is -2.40. The van der Waals surface area contributed by atoms with Gasteiger partial charge in [-0.3, -0.25) is 9.59 Å². The van der Waals surface area contributed by atoms with E-state index in [1.165, 1.54) is 0 Å². The highest BCUT2D eigenvalue weighted by molar-refractivity contribution is 7.09. The van der Waals surface area contributed by atoms with Crippen LogP contribution in [0.25, 0.3) is 0 Å². The van der Waals surface area contributed by atoms with Gasteiger partial charge in [0.1, 0.15) is 0 Å². The summed E-state index contributed by atoms with van der Waals surface area (Å²) >= 11 is 1.63. The van der Waals surface area contributed by atoms with E-state index in [9.17, 15) is 9.59 Å². The Bertz CT molecular complexity index is 479. The molecule has 1 aromatic rings. The average molecular weight is 296 g/mol. The lowest BCUT2D eigenvalue weighted by molar-refractivity contribution is -0.145. The number of hydrogen-bond acceptors (Lipinski definition) is 4. The number of likely N-dealkylation sites (tertiary alicyclic amines) is 1. The maximum absolute atomic E-state index is 12.0. The molecule has 0 aliphatic carbocycles. The number of carbonyl (C=O) groups is 2. The topological polar surface area (TPSA) is 70.5 Å². The fourth-order valence-electron chi connectivity index (χ4n) is 2.48. The molecule has 1 aliphatic rings. The van der Waals surface area contributed by atoms with Crippen molar-refractivity contribution in [3.8, 4) is 0 Å². The molecule has 2 heterocycles. The molecule has 0 radical (unpaired) electrons. The van der Waals surface area contributed by atoms with Gasteiger partial charge in [0.25, 0.3) is 0 Å². The summed E-state index contributed by atoms with van der Waals surface area (Å²) in [7, 11) is 0. The summed E-state index contributed by atoms with van der Waals surface area (Å²) in [5, 5.41) is 12.0. The van der Waals surface area contributed by atoms with Gasteiger partial charge in [0, 0.05) is 24.9 Å². The summed E-state index contributed by atoms with van der Waals surface area (Å²) in [5.41, 5.74) is 1.06. The van der Waals surface area contributed by atoms with E-state index in [0.717, 1.165) is 23.5 Å². The number of hydrogen-bond donors (Lipinski definition) is 1. The zero-order valence-electron chi connectivity index (χ0n) is 11.7. The third kappa shape index (κ3) is 4.03. The Kier molecular flexibility index (Phi) is 5.11. The maximum Gasteiger partial charge on any atom is 0.306 e. The van der Waals surface area contributed by atoms with Crippen LogP contribution < -0.4 is 0 Å². The van der Waals surface area contributed by atoms with Gasteiger partial charge in [0.2, 0.25) is 5.91 Å². The minimum Gasteiger partial charge on any atom is -0.481 e. The van der Waals surface area contributed by atoms with E-state index in [4.69, 9.17) is 5.11 Å². The third-order valence-corrected chi connectivity index (χ3v) is 4.51. The number of thiazole rings is 1. The van der Waals surface area contributed by atoms with Crippen LogP contribution in [0.15, 0.2) is 5.38 Å². The number of carbonyl (C=O) groups excluding carboxylic acids is 1. The molecular formula is C14H20N2O3S. The predicted molar refractivity (Wildman–Crippen MR) is 76.7 cm³/mol. The zero-order valence-corrected chi connectivity index (χ0v) is 12.5. The number of carboxylic acid groups (broad SMARTS) is 1. The zero-order chi connectivity index (χ0) is 14.5. The van der Waals surface area contributed by atoms with Crippen molar-refractivity contribution in [1.82, 2.24) is 9.88 Å². The van der Waals surface area contributed by atoms with Gasteiger partial charge in [-0.1, -0.05) is 0 Å². The van der Waals surface area contributed by atoms with E-state index in [1.54, 1.807) is 16.2 Å². The highest BCUT2D eigenvalue weighted by Crippen LogP contribution is 2.18. The van der Waals surface area contributed by atoms with Crippen molar-refractivity contribution in [3.05, 3.63) is 16.1 Å². The van der Waals surface area contributed by atoms with Gasteiger partial charge in [-0.2, -0.15) is 0 Å². The van der Waals surface area contributed by atoms with Crippen LogP contribution in [0.3, 0.4) is 0 Å². The minimum atomic E-state index is -0.740. The first kappa shape index (κ1) is 15.0. The van der Waals surface area contributed by atoms with Gasteiger partial charge < -0.3 is 10.0 Å². The Balaban J connectivity index is 1.69. The Morgan fingerprint density at radius 3 is 2.70 bits per heavy atom. The monoisotopic (exact) mass is 296 g/mol. The summed E-state index contributed by atoms with van der Waals surface area (Å²) in [6.45, 7) is 3.13. The number of carboxylic acids is 1. The van der Waals surface area contributed by atoms with Gasteiger partial charge in [0.15, 0.2) is 0 Å². The first-order chi connectivity index (χ1) is 9.56. The summed E-state index contributed by atoms with van der Waals surface area (Å²) < 4.78 is 0. The number of nitrogens with zero attached hydrogens (tertiary/aromatic N) is 2. The highest BCUT2D eigenvalue weighted by Gasteiger charge is 2.26. The van der Waals surface area contributed by atoms with Gasteiger partial charge in [-0.05, 0) is 32.6 Å². The summed E-state index contributed by atoms with van der Waals surface area (Å²) in [6, 6.07) is 0. The van der Waals surface area contributed by atoms with Crippen molar-refractivity contribution in [2.75, 3.05) is 13.1 Å². The molecule has 110 valence electrons. The van der Waals surface area contributed by atoms with E-state index in [1.807, 2.05) is 12.3 Å². The third-order valence-electron chi connectivity index (χ3n) is 3.69. The number of aromatic nitrogens is 1. The molecule has 0 spiro atoms. The summed E-state index contributed by atoms with van der Waals surface area (Å²) in [6.07, 6.45) is 3.32. The Hall–Kier alpha value is -1.43. The smallest absolute Gasteiger partial charge is 0.306 e. The Morgan fingerprint density at radius 1 is 1.45 bits per heavy atom. The first-order valence-electron chi connectivity index (χ1n) is 6.98. The van der Waals surface area contributed by atoms with E-state index < -0.39 is 5.97 Å². The van der Waals surface area contributed by atoms with Crippen LogP contribution in [-0.2, 0) is 16.0 Å². The van der Waals surface area contributed by atoms with Crippen LogP contribution in [-0.4, -0.2) is 40.0 Å². The number of aliphatic carboxylic acids is 1. The van der Waals surface area contributed by atoms with Crippen molar-refractivity contribution < 1.29 is 14.7 Å². The van der Waals surface area contributed by atoms with Crippen molar-refractivity contribution >= 4 is 23.2 Å². The summed E-state index contributed by atoms with van der Waals surface area (Å²) in [4.78, 5) is 29.1. The van der Waals surface area contributed by atoms with E-state index in [-0.39, 0.29) is 11.8 Å². The molecular weight excluding hydrogens is 276 g/mol. The second kappa shape index (κ2) is 6.83. The van der Waals surface area contributed by atoms with Crippen molar-refractivity contribution in [2.24, 2.45) is 5.92 Å². The summed E-state index contributed by atoms with van der Waals surface area (Å²) in [5.74, 6) is -0.881. The first-order valence-corrected chi connectivity index (χ1v) is 7.86. The van der Waals surface area contributed by atoms with Crippen LogP contribution in [0.4, 0.5) is 0 Å². The lowest BCUT2D eigenvalue weighted by Gasteiger charge is -2.30. The second-order valence-corrected chi connectivity index (χ2v) is 6.27. The fraction of sp³-hybridized carbons (Fsp3) is 0.643. The normalized spacial score (nSPS) is 16.4. The van der Waals surface area contributed by atoms with Gasteiger partial charge in [0.05, 0.1) is 16.6 Å². The van der Waals surface area contributed by atoms with Crippen LogP contribution in [0.1, 0.15) is 36.4 Å². The number of aryl methyl sites for hydroxylation is 2. The Morgan fingerprint density at radius 2 is 2.15 bits per heavy atom. The maximum atomic E-state index is 12.0. The molecule has 0 unspecified atom stereocenters. The van der Waals surface area contributed by atoms with E-state index >= 15 is 0 Å². The molecule has 1 aromatic heterocycles. The molecule has 0 saturated carbocycles. The number of rotatable bonds is 5. The van der Waals surface area contributed by atoms with Gasteiger partial charge in [-0.15, -0.1) is 11.3 Å². The average Bonchev–Trinajstić information content (AvgIpc) is 2.84. The van der Waals surface area contributed by atoms with Crippen molar-refractivity contribution in [2.45, 2.75) is 39.0 Å². The standard InChI is InChI=1S/C14H20N2O3S/c1-10-15-12(9-20-10)3-2-4-13(17)16-7-5-11(6-8-16)14(18)19/h9,11H,2-8H2,1H3,(H,18,19). The van der Waals surface area contributed by atoms with E-state index in [0.29, 0.717) is 32.4 Å². The molecule has 1 aliphatic heterocycles. The van der Waals surface area contributed by atoms with Crippen LogP contribution in [0.5, 0.6) is 0 Å². The molecule has 0 bridgehead atoms. The molecule has 1 saturated heterocycles. The van der Waals surface area contributed by atoms with Crippen LogP contribution in [0.2, 0.25) is 0 Å². The molecule has 5 nitrogen and oxygen atoms in total. The van der Waals surface area contributed by atoms with Crippen molar-refractivity contribution in [3.63, 3.8) is 0 Å². The molecule has 2 rings (SSSR count). The highest BCUT2D eigenvalue weighted by atomic mass is 32.1. The van der Waals surface area contributed by atoms with Crippen LogP contribution >= 0.6 is 11.3 Å². The number of piperidine rings is 1. The number of amides is 1. The van der Waals surface area contributed by atoms with Gasteiger partial charge >= 0.3 is 5.97 Å². The molecule has 20 heavy (non-hydrogen) atoms. The molecule has 6 heteroatoms.